The van der Waals surface area contributed by atoms with E-state index in [4.69, 9.17) is 4.74 Å². The van der Waals surface area contributed by atoms with Gasteiger partial charge in [-0.15, -0.1) is 0 Å². The molecule has 0 amide bonds. The van der Waals surface area contributed by atoms with E-state index in [1.54, 1.807) is 36.3 Å². The van der Waals surface area contributed by atoms with Gasteiger partial charge in [-0.05, 0) is 36.8 Å². The number of esters is 1. The van der Waals surface area contributed by atoms with E-state index in [-0.39, 0.29) is 6.61 Å². The van der Waals surface area contributed by atoms with E-state index in [1.165, 1.54) is 18.2 Å². The monoisotopic (exact) mass is 323 g/mol. The third-order valence-corrected chi connectivity index (χ3v) is 3.16. The van der Waals surface area contributed by atoms with Gasteiger partial charge in [-0.3, -0.25) is 0 Å². The average Bonchev–Trinajstić information content (AvgIpc) is 2.49. The van der Waals surface area contributed by atoms with E-state index in [0.717, 1.165) is 12.1 Å². The van der Waals surface area contributed by atoms with Gasteiger partial charge in [0, 0.05) is 24.5 Å². The van der Waals surface area contributed by atoms with E-state index in [0.29, 0.717) is 17.8 Å². The number of halogens is 3. The second kappa shape index (κ2) is 7.17. The van der Waals surface area contributed by atoms with Crippen molar-refractivity contribution >= 4 is 5.97 Å². The van der Waals surface area contributed by atoms with Crippen LogP contribution in [0.1, 0.15) is 18.1 Å². The fraction of sp³-hybridized carbons (Fsp3) is 0.235. The molecular formula is C17H16F3NO2. The summed E-state index contributed by atoms with van der Waals surface area (Å²) in [6.45, 7) is 2.35. The van der Waals surface area contributed by atoms with Crippen molar-refractivity contribution < 1.29 is 22.7 Å². The highest BCUT2D eigenvalue weighted by molar-refractivity contribution is 5.83. The van der Waals surface area contributed by atoms with E-state index >= 15 is 0 Å². The molecule has 3 nitrogen and oxygen atoms in total. The molecule has 1 aromatic carbocycles. The van der Waals surface area contributed by atoms with E-state index in [9.17, 15) is 18.0 Å². The third-order valence-electron chi connectivity index (χ3n) is 3.16. The Morgan fingerprint density at radius 3 is 2.52 bits per heavy atom. The predicted octanol–water partition coefficient (Wildman–Crippen LogP) is 4.04. The van der Waals surface area contributed by atoms with Gasteiger partial charge >= 0.3 is 12.1 Å². The second-order valence-electron chi connectivity index (χ2n) is 4.84. The molecule has 0 saturated carbocycles. The quantitative estimate of drug-likeness (QED) is 0.619. The Morgan fingerprint density at radius 1 is 1.22 bits per heavy atom. The number of rotatable bonds is 4. The lowest BCUT2D eigenvalue weighted by Gasteiger charge is -2.23. The van der Waals surface area contributed by atoms with Crippen molar-refractivity contribution in [3.63, 3.8) is 0 Å². The second-order valence-corrected chi connectivity index (χ2v) is 4.84. The summed E-state index contributed by atoms with van der Waals surface area (Å²) >= 11 is 0. The molecule has 1 heterocycles. The van der Waals surface area contributed by atoms with Crippen LogP contribution in [0.15, 0.2) is 60.5 Å². The number of nitrogens with zero attached hydrogens (tertiary/aromatic N) is 1. The maximum absolute atomic E-state index is 12.6. The summed E-state index contributed by atoms with van der Waals surface area (Å²) < 4.78 is 42.6. The molecule has 1 aromatic rings. The van der Waals surface area contributed by atoms with Crippen molar-refractivity contribution in [1.82, 2.24) is 4.90 Å². The Balaban J connectivity index is 2.12. The molecular weight excluding hydrogens is 307 g/mol. The molecule has 122 valence electrons. The van der Waals surface area contributed by atoms with Crippen LogP contribution in [0.25, 0.3) is 0 Å². The van der Waals surface area contributed by atoms with Gasteiger partial charge in [0.1, 0.15) is 0 Å². The van der Waals surface area contributed by atoms with Crippen molar-refractivity contribution in [2.45, 2.75) is 19.6 Å². The SMILES string of the molecule is CCOC(=O)/C=C1\C=CC=CN1Cc1ccc(C(F)(F)F)cc1. The number of carbonyl (C=O) groups excluding carboxylic acids is 1. The number of hydrogen-bond donors (Lipinski definition) is 0. The maximum atomic E-state index is 12.6. The highest BCUT2D eigenvalue weighted by Gasteiger charge is 2.29. The first-order chi connectivity index (χ1) is 10.9. The van der Waals surface area contributed by atoms with E-state index in [2.05, 4.69) is 0 Å². The van der Waals surface area contributed by atoms with Crippen LogP contribution < -0.4 is 0 Å². The van der Waals surface area contributed by atoms with Crippen LogP contribution in [0.5, 0.6) is 0 Å². The first kappa shape index (κ1) is 16.9. The Morgan fingerprint density at radius 2 is 1.91 bits per heavy atom. The zero-order valence-corrected chi connectivity index (χ0v) is 12.5. The van der Waals surface area contributed by atoms with Gasteiger partial charge in [0.2, 0.25) is 0 Å². The van der Waals surface area contributed by atoms with Crippen LogP contribution in [0, 0.1) is 0 Å². The molecule has 0 spiro atoms. The van der Waals surface area contributed by atoms with E-state index < -0.39 is 17.7 Å². The van der Waals surface area contributed by atoms with Crippen LogP contribution in [0.3, 0.4) is 0 Å². The molecule has 0 N–H and O–H groups in total. The Hall–Kier alpha value is -2.50. The van der Waals surface area contributed by atoms with Crippen LogP contribution in [0.2, 0.25) is 0 Å². The molecule has 0 aliphatic carbocycles. The fourth-order valence-corrected chi connectivity index (χ4v) is 2.07. The normalized spacial score (nSPS) is 16.0. The van der Waals surface area contributed by atoms with Crippen LogP contribution in [-0.2, 0) is 22.3 Å². The van der Waals surface area contributed by atoms with Gasteiger partial charge in [-0.25, -0.2) is 4.79 Å². The van der Waals surface area contributed by atoms with Gasteiger partial charge in [-0.1, -0.05) is 18.2 Å². The number of carbonyl (C=O) groups is 1. The topological polar surface area (TPSA) is 29.5 Å². The van der Waals surface area contributed by atoms with Crippen molar-refractivity contribution in [3.05, 3.63) is 71.6 Å². The molecule has 0 unspecified atom stereocenters. The first-order valence-electron chi connectivity index (χ1n) is 7.06. The summed E-state index contributed by atoms with van der Waals surface area (Å²) in [4.78, 5) is 13.3. The number of hydrogen-bond acceptors (Lipinski definition) is 3. The maximum Gasteiger partial charge on any atom is 0.416 e. The van der Waals surface area contributed by atoms with Crippen molar-refractivity contribution in [3.8, 4) is 0 Å². The molecule has 0 atom stereocenters. The Kier molecular flexibility index (Phi) is 5.26. The molecule has 6 heteroatoms. The summed E-state index contributed by atoms with van der Waals surface area (Å²) in [5, 5.41) is 0. The minimum atomic E-state index is -4.35. The Bertz CT molecular complexity index is 643. The molecule has 1 aliphatic rings. The number of benzene rings is 1. The molecule has 0 saturated heterocycles. The van der Waals surface area contributed by atoms with Crippen molar-refractivity contribution in [2.75, 3.05) is 6.61 Å². The summed E-state index contributed by atoms with van der Waals surface area (Å²) in [5.74, 6) is -0.458. The zero-order valence-electron chi connectivity index (χ0n) is 12.5. The minimum Gasteiger partial charge on any atom is -0.463 e. The molecule has 2 rings (SSSR count). The summed E-state index contributed by atoms with van der Waals surface area (Å²) in [5.41, 5.74) is 0.635. The standard InChI is InChI=1S/C17H16F3NO2/c1-2-23-16(22)11-15-5-3-4-10-21(15)12-13-6-8-14(9-7-13)17(18,19)20/h3-11H,2,12H2,1H3/b15-11+. The fourth-order valence-electron chi connectivity index (χ4n) is 2.07. The molecule has 0 fully saturated rings. The third kappa shape index (κ3) is 4.74. The summed E-state index contributed by atoms with van der Waals surface area (Å²) in [6, 6.07) is 4.95. The van der Waals surface area contributed by atoms with Crippen molar-refractivity contribution in [2.24, 2.45) is 0 Å². The highest BCUT2D eigenvalue weighted by Crippen LogP contribution is 2.29. The summed E-state index contributed by atoms with van der Waals surface area (Å²) in [6.07, 6.45) is 4.06. The largest absolute Gasteiger partial charge is 0.463 e. The van der Waals surface area contributed by atoms with Gasteiger partial charge in [0.25, 0.3) is 0 Å². The predicted molar refractivity (Wildman–Crippen MR) is 80.0 cm³/mol. The molecule has 0 bridgehead atoms. The highest BCUT2D eigenvalue weighted by atomic mass is 19.4. The molecule has 23 heavy (non-hydrogen) atoms. The van der Waals surface area contributed by atoms with Crippen molar-refractivity contribution in [1.29, 1.82) is 0 Å². The smallest absolute Gasteiger partial charge is 0.416 e. The zero-order chi connectivity index (χ0) is 16.9. The molecule has 0 aromatic heterocycles. The lowest BCUT2D eigenvalue weighted by Crippen LogP contribution is -2.18. The molecule has 0 radical (unpaired) electrons. The lowest BCUT2D eigenvalue weighted by atomic mass is 10.1. The van der Waals surface area contributed by atoms with Crippen LogP contribution in [-0.4, -0.2) is 17.5 Å². The minimum absolute atomic E-state index is 0.279. The first-order valence-corrected chi connectivity index (χ1v) is 7.06. The Labute approximate surface area is 132 Å². The van der Waals surface area contributed by atoms with E-state index in [1.807, 2.05) is 0 Å². The van der Waals surface area contributed by atoms with Gasteiger partial charge in [-0.2, -0.15) is 13.2 Å². The van der Waals surface area contributed by atoms with Gasteiger partial charge in [0.05, 0.1) is 12.2 Å². The number of ether oxygens (including phenoxy) is 1. The van der Waals surface area contributed by atoms with Crippen LogP contribution >= 0.6 is 0 Å². The van der Waals surface area contributed by atoms with Gasteiger partial charge < -0.3 is 9.64 Å². The average molecular weight is 323 g/mol. The number of alkyl halides is 3. The molecule has 1 aliphatic heterocycles. The van der Waals surface area contributed by atoms with Gasteiger partial charge in [0.15, 0.2) is 0 Å². The van der Waals surface area contributed by atoms with Crippen LogP contribution in [0.4, 0.5) is 13.2 Å². The lowest BCUT2D eigenvalue weighted by molar-refractivity contribution is -0.138. The number of allylic oxidation sites excluding steroid dienone is 3. The summed E-state index contributed by atoms with van der Waals surface area (Å²) in [7, 11) is 0.